The van der Waals surface area contributed by atoms with Gasteiger partial charge in [0.25, 0.3) is 5.91 Å². The van der Waals surface area contributed by atoms with E-state index in [2.05, 4.69) is 15.0 Å². The first-order valence-electron chi connectivity index (χ1n) is 11.5. The van der Waals surface area contributed by atoms with Crippen molar-refractivity contribution in [3.05, 3.63) is 71.3 Å². The van der Waals surface area contributed by atoms with Gasteiger partial charge in [-0.2, -0.15) is 4.99 Å². The lowest BCUT2D eigenvalue weighted by Gasteiger charge is -2.20. The second kappa shape index (κ2) is 14.1. The SMILES string of the molecule is COC(=O)CCNC(=O)C1SC(=NC(=O)c2ccc(C(=N)N(C)Cc3ccccc3)cc2)N(C)C1C.I. The summed E-state index contributed by atoms with van der Waals surface area (Å²) in [5, 5.41) is 11.2. The lowest BCUT2D eigenvalue weighted by molar-refractivity contribution is -0.140. The van der Waals surface area contributed by atoms with Gasteiger partial charge in [0.1, 0.15) is 11.1 Å². The fraction of sp³-hybridized carbons (Fsp3) is 0.346. The fourth-order valence-corrected chi connectivity index (χ4v) is 4.88. The molecule has 2 aromatic carbocycles. The number of benzene rings is 2. The van der Waals surface area contributed by atoms with E-state index in [1.54, 1.807) is 36.2 Å². The van der Waals surface area contributed by atoms with Gasteiger partial charge in [-0.1, -0.05) is 54.2 Å². The number of rotatable bonds is 8. The normalized spacial score (nSPS) is 17.6. The Balaban J connectivity index is 0.00000481. The quantitative estimate of drug-likeness (QED) is 0.198. The highest BCUT2D eigenvalue weighted by atomic mass is 127. The summed E-state index contributed by atoms with van der Waals surface area (Å²) in [5.41, 5.74) is 2.20. The predicted molar refractivity (Wildman–Crippen MR) is 157 cm³/mol. The van der Waals surface area contributed by atoms with Crippen molar-refractivity contribution in [2.45, 2.75) is 31.2 Å². The summed E-state index contributed by atoms with van der Waals surface area (Å²) >= 11 is 1.22. The molecule has 2 unspecified atom stereocenters. The zero-order chi connectivity index (χ0) is 26.2. The molecule has 0 aliphatic carbocycles. The largest absolute Gasteiger partial charge is 0.469 e. The van der Waals surface area contributed by atoms with Crippen LogP contribution in [-0.2, 0) is 20.9 Å². The van der Waals surface area contributed by atoms with E-state index in [1.807, 2.05) is 49.2 Å². The van der Waals surface area contributed by atoms with Crippen molar-refractivity contribution in [1.29, 1.82) is 5.41 Å². The van der Waals surface area contributed by atoms with Gasteiger partial charge in [0.2, 0.25) is 5.91 Å². The van der Waals surface area contributed by atoms with Gasteiger partial charge in [0.15, 0.2) is 5.17 Å². The van der Waals surface area contributed by atoms with Crippen molar-refractivity contribution < 1.29 is 19.1 Å². The molecule has 0 radical (unpaired) electrons. The number of ether oxygens (including phenoxy) is 1. The Morgan fingerprint density at radius 3 is 2.35 bits per heavy atom. The number of nitrogens with zero attached hydrogens (tertiary/aromatic N) is 3. The summed E-state index contributed by atoms with van der Waals surface area (Å²) in [6.45, 7) is 2.68. The summed E-state index contributed by atoms with van der Waals surface area (Å²) in [5.74, 6) is -0.677. The lowest BCUT2D eigenvalue weighted by Crippen LogP contribution is -2.41. The molecule has 198 valence electrons. The van der Waals surface area contributed by atoms with E-state index in [1.165, 1.54) is 18.9 Å². The third kappa shape index (κ3) is 8.03. The maximum Gasteiger partial charge on any atom is 0.307 e. The van der Waals surface area contributed by atoms with Gasteiger partial charge in [0.05, 0.1) is 13.5 Å². The van der Waals surface area contributed by atoms with Gasteiger partial charge < -0.3 is 19.9 Å². The first kappa shape index (κ1) is 30.3. The second-order valence-corrected chi connectivity index (χ2v) is 9.58. The zero-order valence-corrected chi connectivity index (χ0v) is 24.4. The molecule has 2 N–H and O–H groups in total. The van der Waals surface area contributed by atoms with Crippen LogP contribution in [0, 0.1) is 5.41 Å². The van der Waals surface area contributed by atoms with E-state index in [0.717, 1.165) is 5.56 Å². The molecule has 11 heteroatoms. The highest BCUT2D eigenvalue weighted by Crippen LogP contribution is 2.31. The number of hydrogen-bond acceptors (Lipinski definition) is 6. The summed E-state index contributed by atoms with van der Waals surface area (Å²) in [6, 6.07) is 16.5. The fourth-order valence-electron chi connectivity index (χ4n) is 3.62. The number of amidine groups is 2. The average molecular weight is 638 g/mol. The van der Waals surface area contributed by atoms with E-state index in [9.17, 15) is 14.4 Å². The molecule has 9 nitrogen and oxygen atoms in total. The maximum absolute atomic E-state index is 12.8. The second-order valence-electron chi connectivity index (χ2n) is 8.47. The highest BCUT2D eigenvalue weighted by Gasteiger charge is 2.39. The van der Waals surface area contributed by atoms with Crippen molar-refractivity contribution in [2.75, 3.05) is 27.7 Å². The van der Waals surface area contributed by atoms with Gasteiger partial charge in [0, 0.05) is 44.4 Å². The van der Waals surface area contributed by atoms with Crippen molar-refractivity contribution in [1.82, 2.24) is 15.1 Å². The molecule has 1 aliphatic heterocycles. The minimum atomic E-state index is -0.456. The molecule has 1 aliphatic rings. The molecule has 1 heterocycles. The van der Waals surface area contributed by atoms with E-state index < -0.39 is 17.1 Å². The Hall–Kier alpha value is -2.93. The van der Waals surface area contributed by atoms with Crippen molar-refractivity contribution >= 4 is 64.5 Å². The number of amides is 2. The van der Waals surface area contributed by atoms with E-state index in [0.29, 0.717) is 28.7 Å². The Bertz CT molecular complexity index is 1140. The monoisotopic (exact) mass is 637 g/mol. The molecule has 0 spiro atoms. The van der Waals surface area contributed by atoms with E-state index in [-0.39, 0.29) is 48.9 Å². The van der Waals surface area contributed by atoms with Gasteiger partial charge in [-0.05, 0) is 24.6 Å². The highest BCUT2D eigenvalue weighted by molar-refractivity contribution is 14.0. The van der Waals surface area contributed by atoms with Crippen LogP contribution in [0.5, 0.6) is 0 Å². The number of carbonyl (C=O) groups is 3. The van der Waals surface area contributed by atoms with Crippen LogP contribution in [0.15, 0.2) is 59.6 Å². The smallest absolute Gasteiger partial charge is 0.307 e. The van der Waals surface area contributed by atoms with Crippen molar-refractivity contribution in [3.63, 3.8) is 0 Å². The molecule has 2 atom stereocenters. The molecule has 1 fully saturated rings. The number of aliphatic imine (C=N–C) groups is 1. The Morgan fingerprint density at radius 2 is 1.73 bits per heavy atom. The summed E-state index contributed by atoms with van der Waals surface area (Å²) in [6.07, 6.45) is 0.0960. The number of nitrogens with one attached hydrogen (secondary N) is 2. The molecular weight excluding hydrogens is 605 g/mol. The predicted octanol–water partition coefficient (Wildman–Crippen LogP) is 3.37. The Morgan fingerprint density at radius 1 is 1.11 bits per heavy atom. The van der Waals surface area contributed by atoms with Crippen molar-refractivity contribution in [2.24, 2.45) is 4.99 Å². The van der Waals surface area contributed by atoms with Crippen LogP contribution in [0.2, 0.25) is 0 Å². The third-order valence-corrected chi connectivity index (χ3v) is 7.40. The first-order chi connectivity index (χ1) is 17.2. The minimum Gasteiger partial charge on any atom is -0.469 e. The molecule has 37 heavy (non-hydrogen) atoms. The van der Waals surface area contributed by atoms with Crippen LogP contribution in [0.3, 0.4) is 0 Å². The summed E-state index contributed by atoms with van der Waals surface area (Å²) in [4.78, 5) is 44.5. The number of carbonyl (C=O) groups excluding carboxylic acids is 3. The Kier molecular flexibility index (Phi) is 11.6. The van der Waals surface area contributed by atoms with E-state index in [4.69, 9.17) is 5.41 Å². The molecular formula is C26H32IN5O4S. The minimum absolute atomic E-state index is 0. The van der Waals surface area contributed by atoms with Crippen LogP contribution >= 0.6 is 35.7 Å². The maximum atomic E-state index is 12.8. The van der Waals surface area contributed by atoms with Crippen LogP contribution in [0.25, 0.3) is 0 Å². The number of esters is 1. The number of hydrogen-bond donors (Lipinski definition) is 2. The third-order valence-electron chi connectivity index (χ3n) is 5.94. The molecule has 1 saturated heterocycles. The molecule has 0 aromatic heterocycles. The van der Waals surface area contributed by atoms with Gasteiger partial charge in [-0.25, -0.2) is 0 Å². The summed E-state index contributed by atoms with van der Waals surface area (Å²) in [7, 11) is 4.95. The van der Waals surface area contributed by atoms with Crippen LogP contribution < -0.4 is 5.32 Å². The van der Waals surface area contributed by atoms with Crippen LogP contribution in [-0.4, -0.2) is 77.6 Å². The van der Waals surface area contributed by atoms with Crippen LogP contribution in [0.1, 0.15) is 34.8 Å². The first-order valence-corrected chi connectivity index (χ1v) is 12.4. The van der Waals surface area contributed by atoms with Gasteiger partial charge in [-0.3, -0.25) is 19.8 Å². The molecule has 0 saturated carbocycles. The van der Waals surface area contributed by atoms with E-state index >= 15 is 0 Å². The number of methoxy groups -OCH3 is 1. The average Bonchev–Trinajstić information content (AvgIpc) is 3.17. The molecule has 0 bridgehead atoms. The Labute approximate surface area is 238 Å². The lowest BCUT2D eigenvalue weighted by atomic mass is 10.1. The molecule has 3 rings (SSSR count). The van der Waals surface area contributed by atoms with Gasteiger partial charge in [-0.15, -0.1) is 24.0 Å². The number of thioether (sulfide) groups is 1. The molecule has 2 amide bonds. The van der Waals surface area contributed by atoms with Crippen LogP contribution in [0.4, 0.5) is 0 Å². The zero-order valence-electron chi connectivity index (χ0n) is 21.3. The molecule has 2 aromatic rings. The topological polar surface area (TPSA) is 115 Å². The standard InChI is InChI=1S/C26H31N5O4S.HI/c1-17-22(25(34)28-15-14-21(32)35-4)36-26(31(17)3)29-24(33)20-12-10-19(11-13-20)23(27)30(2)16-18-8-6-5-7-9-18;/h5-13,17,22,27H,14-16H2,1-4H3,(H,28,34);1H. The van der Waals surface area contributed by atoms with Gasteiger partial charge >= 0.3 is 5.97 Å². The summed E-state index contributed by atoms with van der Waals surface area (Å²) < 4.78 is 4.58. The number of halogens is 1. The van der Waals surface area contributed by atoms with Crippen molar-refractivity contribution in [3.8, 4) is 0 Å².